The molecular weight excluding hydrogens is 246 g/mol. The maximum absolute atomic E-state index is 10.4. The van der Waals surface area contributed by atoms with Crippen LogP contribution in [0.3, 0.4) is 0 Å². The molecule has 1 rings (SSSR count). The van der Waals surface area contributed by atoms with Crippen molar-refractivity contribution in [2.24, 2.45) is 0 Å². The van der Waals surface area contributed by atoms with Gasteiger partial charge in [-0.3, -0.25) is 10.1 Å². The first-order valence-electron chi connectivity index (χ1n) is 4.80. The Hall–Kier alpha value is -0.720. The van der Waals surface area contributed by atoms with E-state index < -0.39 is 4.92 Å². The third kappa shape index (κ3) is 4.87. The number of thiol groups is 1. The first kappa shape index (κ1) is 13.3. The Bertz CT molecular complexity index is 329. The molecular formula is C10H13NO3S2. The van der Waals surface area contributed by atoms with Crippen molar-refractivity contribution in [3.63, 3.8) is 0 Å². The van der Waals surface area contributed by atoms with E-state index in [0.29, 0.717) is 13.2 Å². The van der Waals surface area contributed by atoms with Crippen LogP contribution in [0.15, 0.2) is 29.2 Å². The molecule has 0 radical (unpaired) electrons. The Morgan fingerprint density at radius 3 is 2.56 bits per heavy atom. The Morgan fingerprint density at radius 1 is 1.31 bits per heavy atom. The van der Waals surface area contributed by atoms with Crippen molar-refractivity contribution in [2.75, 3.05) is 24.7 Å². The molecule has 1 aromatic rings. The number of benzene rings is 1. The summed E-state index contributed by atoms with van der Waals surface area (Å²) in [5, 5.41) is 10.4. The predicted molar refractivity (Wildman–Crippen MR) is 68.5 cm³/mol. The average molecular weight is 259 g/mol. The van der Waals surface area contributed by atoms with E-state index >= 15 is 0 Å². The minimum Gasteiger partial charge on any atom is -0.380 e. The van der Waals surface area contributed by atoms with Crippen molar-refractivity contribution in [1.29, 1.82) is 0 Å². The SMILES string of the molecule is O=[N+]([O-])c1ccc(SCCOCCS)cc1. The van der Waals surface area contributed by atoms with Crippen molar-refractivity contribution in [1.82, 2.24) is 0 Å². The smallest absolute Gasteiger partial charge is 0.269 e. The number of hydrogen-bond acceptors (Lipinski definition) is 5. The fourth-order valence-electron chi connectivity index (χ4n) is 1.05. The number of rotatable bonds is 7. The fraction of sp³-hybridized carbons (Fsp3) is 0.400. The molecule has 0 bridgehead atoms. The van der Waals surface area contributed by atoms with Crippen LogP contribution in [0.5, 0.6) is 0 Å². The van der Waals surface area contributed by atoms with Crippen LogP contribution in [-0.4, -0.2) is 29.6 Å². The lowest BCUT2D eigenvalue weighted by Crippen LogP contribution is -1.99. The molecule has 88 valence electrons. The van der Waals surface area contributed by atoms with E-state index in [2.05, 4.69) is 12.6 Å². The van der Waals surface area contributed by atoms with Crippen molar-refractivity contribution in [3.05, 3.63) is 34.4 Å². The Morgan fingerprint density at radius 2 is 2.00 bits per heavy atom. The largest absolute Gasteiger partial charge is 0.380 e. The van der Waals surface area contributed by atoms with Gasteiger partial charge in [-0.15, -0.1) is 11.8 Å². The minimum atomic E-state index is -0.399. The van der Waals surface area contributed by atoms with Gasteiger partial charge in [-0.05, 0) is 12.1 Å². The van der Waals surface area contributed by atoms with Crippen LogP contribution in [-0.2, 0) is 4.74 Å². The van der Waals surface area contributed by atoms with E-state index in [1.54, 1.807) is 23.9 Å². The number of thioether (sulfide) groups is 1. The summed E-state index contributed by atoms with van der Waals surface area (Å²) in [5.41, 5.74) is 0.121. The summed E-state index contributed by atoms with van der Waals surface area (Å²) in [7, 11) is 0. The summed E-state index contributed by atoms with van der Waals surface area (Å²) in [4.78, 5) is 11.0. The molecule has 0 aliphatic heterocycles. The van der Waals surface area contributed by atoms with Gasteiger partial charge in [0, 0.05) is 28.5 Å². The van der Waals surface area contributed by atoms with Crippen LogP contribution in [0.1, 0.15) is 0 Å². The zero-order valence-electron chi connectivity index (χ0n) is 8.67. The topological polar surface area (TPSA) is 52.4 Å². The van der Waals surface area contributed by atoms with Crippen LogP contribution in [0.25, 0.3) is 0 Å². The van der Waals surface area contributed by atoms with Crippen molar-refractivity contribution < 1.29 is 9.66 Å². The van der Waals surface area contributed by atoms with E-state index in [1.165, 1.54) is 12.1 Å². The van der Waals surface area contributed by atoms with Crippen LogP contribution in [0.4, 0.5) is 5.69 Å². The van der Waals surface area contributed by atoms with E-state index in [4.69, 9.17) is 4.74 Å². The van der Waals surface area contributed by atoms with Gasteiger partial charge in [0.05, 0.1) is 18.1 Å². The van der Waals surface area contributed by atoms with E-state index in [1.807, 2.05) is 0 Å². The van der Waals surface area contributed by atoms with Crippen LogP contribution < -0.4 is 0 Å². The molecule has 16 heavy (non-hydrogen) atoms. The summed E-state index contributed by atoms with van der Waals surface area (Å²) < 4.78 is 5.26. The highest BCUT2D eigenvalue weighted by Crippen LogP contribution is 2.20. The maximum atomic E-state index is 10.4. The highest BCUT2D eigenvalue weighted by molar-refractivity contribution is 7.99. The number of nitro benzene ring substituents is 1. The molecule has 0 amide bonds. The molecule has 0 unspecified atom stereocenters. The molecule has 0 N–H and O–H groups in total. The number of ether oxygens (including phenoxy) is 1. The van der Waals surface area contributed by atoms with Crippen molar-refractivity contribution >= 4 is 30.1 Å². The quantitative estimate of drug-likeness (QED) is 0.269. The number of hydrogen-bond donors (Lipinski definition) is 1. The van der Waals surface area contributed by atoms with Gasteiger partial charge >= 0.3 is 0 Å². The molecule has 0 atom stereocenters. The van der Waals surface area contributed by atoms with Gasteiger partial charge in [-0.25, -0.2) is 0 Å². The average Bonchev–Trinajstić information content (AvgIpc) is 2.29. The second-order valence-corrected chi connectivity index (χ2v) is 4.55. The Kier molecular flexibility index (Phi) is 6.29. The van der Waals surface area contributed by atoms with E-state index in [9.17, 15) is 10.1 Å². The molecule has 0 heterocycles. The molecule has 4 nitrogen and oxygen atoms in total. The highest BCUT2D eigenvalue weighted by atomic mass is 32.2. The summed E-state index contributed by atoms with van der Waals surface area (Å²) in [6, 6.07) is 6.52. The molecule has 0 aromatic heterocycles. The predicted octanol–water partition coefficient (Wildman–Crippen LogP) is 2.63. The third-order valence-electron chi connectivity index (χ3n) is 1.78. The number of non-ortho nitro benzene ring substituents is 1. The molecule has 0 aliphatic rings. The van der Waals surface area contributed by atoms with Gasteiger partial charge in [0.2, 0.25) is 0 Å². The van der Waals surface area contributed by atoms with Gasteiger partial charge in [0.1, 0.15) is 0 Å². The van der Waals surface area contributed by atoms with Crippen LogP contribution in [0.2, 0.25) is 0 Å². The highest BCUT2D eigenvalue weighted by Gasteiger charge is 2.03. The molecule has 1 aromatic carbocycles. The third-order valence-corrected chi connectivity index (χ3v) is 2.94. The lowest BCUT2D eigenvalue weighted by atomic mass is 10.3. The summed E-state index contributed by atoms with van der Waals surface area (Å²) in [5.74, 6) is 1.56. The summed E-state index contributed by atoms with van der Waals surface area (Å²) in [6.45, 7) is 1.33. The van der Waals surface area contributed by atoms with Gasteiger partial charge in [0.25, 0.3) is 5.69 Å². The van der Waals surface area contributed by atoms with E-state index in [0.717, 1.165) is 16.4 Å². The molecule has 0 fully saturated rings. The standard InChI is InChI=1S/C10H13NO3S2/c12-11(13)9-1-3-10(4-2-9)16-8-6-14-5-7-15/h1-4,15H,5-8H2. The van der Waals surface area contributed by atoms with Gasteiger partial charge in [-0.1, -0.05) is 0 Å². The first-order valence-corrected chi connectivity index (χ1v) is 6.41. The van der Waals surface area contributed by atoms with Crippen molar-refractivity contribution in [2.45, 2.75) is 4.90 Å². The zero-order chi connectivity index (χ0) is 11.8. The fourth-order valence-corrected chi connectivity index (χ4v) is 1.94. The normalized spacial score (nSPS) is 10.3. The second kappa shape index (κ2) is 7.54. The summed E-state index contributed by atoms with van der Waals surface area (Å²) in [6.07, 6.45) is 0. The van der Waals surface area contributed by atoms with Crippen molar-refractivity contribution in [3.8, 4) is 0 Å². The second-order valence-electron chi connectivity index (χ2n) is 2.94. The maximum Gasteiger partial charge on any atom is 0.269 e. The van der Waals surface area contributed by atoms with Crippen LogP contribution in [0, 0.1) is 10.1 Å². The van der Waals surface area contributed by atoms with Gasteiger partial charge in [-0.2, -0.15) is 12.6 Å². The van der Waals surface area contributed by atoms with Gasteiger partial charge < -0.3 is 4.74 Å². The molecule has 6 heteroatoms. The molecule has 0 aliphatic carbocycles. The Labute approximate surface area is 104 Å². The lowest BCUT2D eigenvalue weighted by Gasteiger charge is -2.02. The van der Waals surface area contributed by atoms with E-state index in [-0.39, 0.29) is 5.69 Å². The minimum absolute atomic E-state index is 0.121. The van der Waals surface area contributed by atoms with Crippen LogP contribution >= 0.6 is 24.4 Å². The zero-order valence-corrected chi connectivity index (χ0v) is 10.4. The lowest BCUT2D eigenvalue weighted by molar-refractivity contribution is -0.384. The molecule has 0 saturated heterocycles. The monoisotopic (exact) mass is 259 g/mol. The van der Waals surface area contributed by atoms with Gasteiger partial charge in [0.15, 0.2) is 0 Å². The molecule has 0 saturated carbocycles. The number of nitrogens with zero attached hydrogens (tertiary/aromatic N) is 1. The molecule has 0 spiro atoms. The first-order chi connectivity index (χ1) is 7.74. The summed E-state index contributed by atoms with van der Waals surface area (Å²) >= 11 is 5.65. The Balaban J connectivity index is 2.29. The number of nitro groups is 1.